The number of hydrogen-bond acceptors (Lipinski definition) is 15. The molecule has 1 amide bonds. The van der Waals surface area contributed by atoms with Crippen LogP contribution in [0, 0.1) is 0 Å². The Morgan fingerprint density at radius 3 is 1.24 bits per heavy atom. The Hall–Kier alpha value is -2.64. The molecule has 1 aromatic rings. The maximum atomic E-state index is 12.1. The van der Waals surface area contributed by atoms with Crippen molar-refractivity contribution in [3.05, 3.63) is 29.8 Å². The van der Waals surface area contributed by atoms with Crippen molar-refractivity contribution in [1.82, 2.24) is 4.90 Å². The first-order valence-electron chi connectivity index (χ1n) is 19.5. The smallest absolute Gasteiger partial charge is 0.410 e. The van der Waals surface area contributed by atoms with Gasteiger partial charge in [0, 0.05) is 25.8 Å². The van der Waals surface area contributed by atoms with Gasteiger partial charge >= 0.3 is 12.1 Å². The van der Waals surface area contributed by atoms with Gasteiger partial charge in [-0.3, -0.25) is 0 Å². The molecular formula is C39H70N2O14. The summed E-state index contributed by atoms with van der Waals surface area (Å²) in [7, 11) is 1.68. The lowest BCUT2D eigenvalue weighted by atomic mass is 10.2. The van der Waals surface area contributed by atoms with Crippen molar-refractivity contribution in [2.75, 3.05) is 164 Å². The molecule has 1 aromatic carbocycles. The summed E-state index contributed by atoms with van der Waals surface area (Å²) in [6.07, 6.45) is 1.87. The van der Waals surface area contributed by atoms with E-state index in [1.165, 1.54) is 4.90 Å². The van der Waals surface area contributed by atoms with Gasteiger partial charge in [-0.2, -0.15) is 0 Å². The molecule has 0 saturated heterocycles. The Bertz CT molecular complexity index is 1030. The lowest BCUT2D eigenvalue weighted by Gasteiger charge is -2.24. The van der Waals surface area contributed by atoms with Gasteiger partial charge in [-0.05, 0) is 51.5 Å². The molecular weight excluding hydrogens is 720 g/mol. The van der Waals surface area contributed by atoms with E-state index in [-0.39, 0.29) is 18.7 Å². The van der Waals surface area contributed by atoms with Gasteiger partial charge in [0.05, 0.1) is 138 Å². The Kier molecular flexibility index (Phi) is 32.7. The fourth-order valence-corrected chi connectivity index (χ4v) is 4.12. The third-order valence-corrected chi connectivity index (χ3v) is 7.07. The van der Waals surface area contributed by atoms with E-state index in [1.807, 2.05) is 32.9 Å². The second kappa shape index (κ2) is 35.8. The number of carbonyl (C=O) groups excluding carboxylic acids is 2. The largest absolute Gasteiger partial charge is 0.460 e. The summed E-state index contributed by atoms with van der Waals surface area (Å²) >= 11 is 0. The SMILES string of the molecule is CCCCNc1ccc(C(=O)OCCOCCOCCOCCOCCOCCOCCOCCOCCOCCOCCN(C)C(=O)OC(C)(C)C)cc1. The van der Waals surface area contributed by atoms with E-state index in [0.29, 0.717) is 144 Å². The Labute approximate surface area is 328 Å². The number of carbonyl (C=O) groups is 2. The van der Waals surface area contributed by atoms with Crippen LogP contribution in [0.5, 0.6) is 0 Å². The normalized spacial score (nSPS) is 11.5. The summed E-state index contributed by atoms with van der Waals surface area (Å²) in [5, 5.41) is 3.32. The topological polar surface area (TPSA) is 160 Å². The minimum absolute atomic E-state index is 0.185. The first-order valence-corrected chi connectivity index (χ1v) is 19.5. The molecule has 0 bridgehead atoms. The van der Waals surface area contributed by atoms with Crippen LogP contribution in [0.15, 0.2) is 24.3 Å². The molecule has 0 aliphatic rings. The highest BCUT2D eigenvalue weighted by molar-refractivity contribution is 5.89. The highest BCUT2D eigenvalue weighted by Crippen LogP contribution is 2.11. The number of benzene rings is 1. The summed E-state index contributed by atoms with van der Waals surface area (Å²) in [5.74, 6) is -0.365. The van der Waals surface area contributed by atoms with Crippen molar-refractivity contribution >= 4 is 17.7 Å². The van der Waals surface area contributed by atoms with Crippen LogP contribution >= 0.6 is 0 Å². The molecule has 320 valence electrons. The van der Waals surface area contributed by atoms with Crippen LogP contribution in [0.2, 0.25) is 0 Å². The standard InChI is InChI=1S/C39H70N2O14/c1-6-7-12-40-36-10-8-35(9-11-36)37(42)54-34-33-53-32-31-52-30-29-51-28-27-50-26-25-49-24-23-48-22-21-47-20-19-46-18-17-45-16-15-44-14-13-41(5)38(43)55-39(2,3)4/h8-11,40H,6-7,12-34H2,1-5H3. The van der Waals surface area contributed by atoms with Gasteiger partial charge in [0.2, 0.25) is 0 Å². The second-order valence-electron chi connectivity index (χ2n) is 13.0. The molecule has 0 heterocycles. The summed E-state index contributed by atoms with van der Waals surface area (Å²) < 4.78 is 65.4. The molecule has 16 heteroatoms. The number of esters is 1. The highest BCUT2D eigenvalue weighted by atomic mass is 16.6. The second-order valence-corrected chi connectivity index (χ2v) is 13.0. The third-order valence-electron chi connectivity index (χ3n) is 7.07. The molecule has 0 radical (unpaired) electrons. The Balaban J connectivity index is 1.71. The first-order chi connectivity index (χ1) is 26.7. The van der Waals surface area contributed by atoms with Crippen molar-refractivity contribution in [2.45, 2.75) is 46.1 Å². The number of ether oxygens (including phenoxy) is 12. The number of anilines is 1. The van der Waals surface area contributed by atoms with Crippen LogP contribution in [0.3, 0.4) is 0 Å². The fourth-order valence-electron chi connectivity index (χ4n) is 4.12. The number of nitrogens with one attached hydrogen (secondary N) is 1. The van der Waals surface area contributed by atoms with Gasteiger partial charge in [0.15, 0.2) is 0 Å². The Morgan fingerprint density at radius 1 is 0.545 bits per heavy atom. The number of unbranched alkanes of at least 4 members (excludes halogenated alkanes) is 1. The van der Waals surface area contributed by atoms with Crippen LogP contribution in [0.25, 0.3) is 0 Å². The first kappa shape index (κ1) is 50.4. The van der Waals surface area contributed by atoms with Crippen LogP contribution in [0.4, 0.5) is 10.5 Å². The van der Waals surface area contributed by atoms with E-state index < -0.39 is 5.60 Å². The fraction of sp³-hybridized carbons (Fsp3) is 0.795. The van der Waals surface area contributed by atoms with E-state index in [1.54, 1.807) is 19.2 Å². The summed E-state index contributed by atoms with van der Waals surface area (Å²) in [6.45, 7) is 18.3. The molecule has 0 aliphatic heterocycles. The zero-order valence-electron chi connectivity index (χ0n) is 34.1. The molecule has 16 nitrogen and oxygen atoms in total. The molecule has 0 aliphatic carbocycles. The van der Waals surface area contributed by atoms with Crippen LogP contribution < -0.4 is 5.32 Å². The molecule has 0 fully saturated rings. The third kappa shape index (κ3) is 33.2. The maximum Gasteiger partial charge on any atom is 0.410 e. The lowest BCUT2D eigenvalue weighted by Crippen LogP contribution is -2.36. The zero-order valence-corrected chi connectivity index (χ0v) is 34.1. The van der Waals surface area contributed by atoms with Gasteiger partial charge in [-0.15, -0.1) is 0 Å². The van der Waals surface area contributed by atoms with Gasteiger partial charge in [0.1, 0.15) is 12.2 Å². The van der Waals surface area contributed by atoms with Crippen LogP contribution in [0.1, 0.15) is 50.9 Å². The van der Waals surface area contributed by atoms with Gasteiger partial charge in [0.25, 0.3) is 0 Å². The van der Waals surface area contributed by atoms with Crippen molar-refractivity contribution in [3.63, 3.8) is 0 Å². The maximum absolute atomic E-state index is 12.1. The average Bonchev–Trinajstić information content (AvgIpc) is 3.16. The summed E-state index contributed by atoms with van der Waals surface area (Å²) in [6, 6.07) is 7.28. The predicted molar refractivity (Wildman–Crippen MR) is 207 cm³/mol. The summed E-state index contributed by atoms with van der Waals surface area (Å²) in [4.78, 5) is 25.5. The number of hydrogen-bond donors (Lipinski definition) is 1. The molecule has 0 saturated carbocycles. The van der Waals surface area contributed by atoms with E-state index in [4.69, 9.17) is 56.8 Å². The van der Waals surface area contributed by atoms with E-state index in [0.717, 1.165) is 25.1 Å². The van der Waals surface area contributed by atoms with E-state index >= 15 is 0 Å². The molecule has 1 rings (SSSR count). The number of rotatable bonds is 38. The van der Waals surface area contributed by atoms with Crippen molar-refractivity contribution in [2.24, 2.45) is 0 Å². The number of amides is 1. The molecule has 0 unspecified atom stereocenters. The monoisotopic (exact) mass is 790 g/mol. The zero-order chi connectivity index (χ0) is 40.1. The number of likely N-dealkylation sites (N-methyl/N-ethyl adjacent to an activating group) is 1. The van der Waals surface area contributed by atoms with Crippen molar-refractivity contribution in [3.8, 4) is 0 Å². The predicted octanol–water partition coefficient (Wildman–Crippen LogP) is 4.09. The van der Waals surface area contributed by atoms with Crippen LogP contribution in [-0.2, 0) is 56.8 Å². The molecule has 55 heavy (non-hydrogen) atoms. The van der Waals surface area contributed by atoms with Crippen molar-refractivity contribution in [1.29, 1.82) is 0 Å². The van der Waals surface area contributed by atoms with Crippen LogP contribution in [-0.4, -0.2) is 181 Å². The minimum atomic E-state index is -0.515. The van der Waals surface area contributed by atoms with E-state index in [9.17, 15) is 9.59 Å². The van der Waals surface area contributed by atoms with Gasteiger partial charge < -0.3 is 67.1 Å². The van der Waals surface area contributed by atoms with Gasteiger partial charge in [-0.1, -0.05) is 13.3 Å². The quantitative estimate of drug-likeness (QED) is 0.0754. The lowest BCUT2D eigenvalue weighted by molar-refractivity contribution is -0.0273. The van der Waals surface area contributed by atoms with E-state index in [2.05, 4.69) is 12.2 Å². The number of nitrogens with zero attached hydrogens (tertiary/aromatic N) is 1. The summed E-state index contributed by atoms with van der Waals surface area (Å²) in [5.41, 5.74) is 0.992. The minimum Gasteiger partial charge on any atom is -0.460 e. The molecule has 0 aromatic heterocycles. The molecule has 0 atom stereocenters. The Morgan fingerprint density at radius 2 is 0.891 bits per heavy atom. The molecule has 0 spiro atoms. The highest BCUT2D eigenvalue weighted by Gasteiger charge is 2.19. The van der Waals surface area contributed by atoms with Crippen molar-refractivity contribution < 1.29 is 66.4 Å². The average molecular weight is 791 g/mol. The van der Waals surface area contributed by atoms with Gasteiger partial charge in [-0.25, -0.2) is 9.59 Å². The molecule has 1 N–H and O–H groups in total.